The first-order chi connectivity index (χ1) is 8.35. The van der Waals surface area contributed by atoms with Crippen LogP contribution in [0.25, 0.3) is 0 Å². The quantitative estimate of drug-likeness (QED) is 0.838. The Morgan fingerprint density at radius 1 is 1.44 bits per heavy atom. The van der Waals surface area contributed by atoms with Crippen molar-refractivity contribution in [1.29, 1.82) is 0 Å². The van der Waals surface area contributed by atoms with E-state index in [2.05, 4.69) is 18.8 Å². The SMILES string of the molecule is CCc1c(O)n(C2CCC(C)(C)C2)c(=O)[nH]c1=O. The van der Waals surface area contributed by atoms with Crippen LogP contribution in [-0.4, -0.2) is 14.7 Å². The molecule has 2 rings (SSSR count). The minimum Gasteiger partial charge on any atom is -0.494 e. The Hall–Kier alpha value is -1.52. The molecule has 1 atom stereocenters. The van der Waals surface area contributed by atoms with Crippen LogP contribution in [0.2, 0.25) is 0 Å². The number of hydrogen-bond donors (Lipinski definition) is 2. The molecule has 1 aliphatic rings. The molecule has 0 bridgehead atoms. The lowest BCUT2D eigenvalue weighted by molar-refractivity contribution is 0.324. The number of rotatable bonds is 2. The van der Waals surface area contributed by atoms with Crippen molar-refractivity contribution in [3.8, 4) is 5.88 Å². The van der Waals surface area contributed by atoms with Crippen LogP contribution in [0.15, 0.2) is 9.59 Å². The first-order valence-corrected chi connectivity index (χ1v) is 6.42. The second kappa shape index (κ2) is 4.30. The first-order valence-electron chi connectivity index (χ1n) is 6.42. The van der Waals surface area contributed by atoms with Crippen LogP contribution in [0, 0.1) is 5.41 Å². The van der Waals surface area contributed by atoms with Gasteiger partial charge in [-0.25, -0.2) is 4.79 Å². The molecule has 18 heavy (non-hydrogen) atoms. The molecule has 0 aliphatic heterocycles. The third kappa shape index (κ3) is 2.09. The van der Waals surface area contributed by atoms with E-state index in [4.69, 9.17) is 0 Å². The van der Waals surface area contributed by atoms with E-state index in [1.165, 1.54) is 4.57 Å². The summed E-state index contributed by atoms with van der Waals surface area (Å²) in [6, 6.07) is -0.0188. The van der Waals surface area contributed by atoms with Gasteiger partial charge in [-0.1, -0.05) is 20.8 Å². The minimum absolute atomic E-state index is 0.0188. The lowest BCUT2D eigenvalue weighted by Gasteiger charge is -2.20. The summed E-state index contributed by atoms with van der Waals surface area (Å²) < 4.78 is 1.36. The monoisotopic (exact) mass is 252 g/mol. The molecule has 1 aliphatic carbocycles. The topological polar surface area (TPSA) is 75.1 Å². The largest absolute Gasteiger partial charge is 0.494 e. The Balaban J connectivity index is 2.52. The highest BCUT2D eigenvalue weighted by molar-refractivity contribution is 5.23. The lowest BCUT2D eigenvalue weighted by atomic mass is 9.92. The minimum atomic E-state index is -0.502. The highest BCUT2D eigenvalue weighted by Crippen LogP contribution is 2.43. The molecular formula is C13H20N2O3. The maximum Gasteiger partial charge on any atom is 0.331 e. The fourth-order valence-corrected chi connectivity index (χ4v) is 2.85. The van der Waals surface area contributed by atoms with Gasteiger partial charge in [0.15, 0.2) is 0 Å². The fourth-order valence-electron chi connectivity index (χ4n) is 2.85. The molecule has 1 saturated carbocycles. The van der Waals surface area contributed by atoms with Gasteiger partial charge in [0.2, 0.25) is 5.88 Å². The number of hydrogen-bond acceptors (Lipinski definition) is 3. The molecular weight excluding hydrogens is 232 g/mol. The van der Waals surface area contributed by atoms with Crippen LogP contribution < -0.4 is 11.2 Å². The van der Waals surface area contributed by atoms with Gasteiger partial charge in [-0.3, -0.25) is 14.3 Å². The molecule has 1 aromatic rings. The molecule has 1 aromatic heterocycles. The van der Waals surface area contributed by atoms with Gasteiger partial charge in [-0.05, 0) is 31.1 Å². The highest BCUT2D eigenvalue weighted by Gasteiger charge is 2.34. The van der Waals surface area contributed by atoms with Crippen LogP contribution >= 0.6 is 0 Å². The zero-order valence-electron chi connectivity index (χ0n) is 11.1. The lowest BCUT2D eigenvalue weighted by Crippen LogP contribution is -2.34. The molecule has 0 spiro atoms. The number of aromatic nitrogens is 2. The Morgan fingerprint density at radius 3 is 2.61 bits per heavy atom. The maximum atomic E-state index is 11.9. The molecule has 0 radical (unpaired) electrons. The molecule has 1 heterocycles. The van der Waals surface area contributed by atoms with Crippen LogP contribution in [-0.2, 0) is 6.42 Å². The number of nitrogens with zero attached hydrogens (tertiary/aromatic N) is 1. The summed E-state index contributed by atoms with van der Waals surface area (Å²) in [5.74, 6) is -0.158. The predicted octanol–water partition coefficient (Wildman–Crippen LogP) is 1.56. The standard InChI is InChI=1S/C13H20N2O3/c1-4-9-10(16)14-12(18)15(11(9)17)8-5-6-13(2,3)7-8/h8,17H,4-7H2,1-3H3,(H,14,16,18). The van der Waals surface area contributed by atoms with E-state index < -0.39 is 11.2 Å². The summed E-state index contributed by atoms with van der Waals surface area (Å²) in [6.07, 6.45) is 3.13. The van der Waals surface area contributed by atoms with Gasteiger partial charge in [-0.15, -0.1) is 0 Å². The van der Waals surface area contributed by atoms with Crippen molar-refractivity contribution in [3.63, 3.8) is 0 Å². The second-order valence-corrected chi connectivity index (χ2v) is 5.85. The molecule has 100 valence electrons. The van der Waals surface area contributed by atoms with Gasteiger partial charge in [0.25, 0.3) is 5.56 Å². The molecule has 1 fully saturated rings. The van der Waals surface area contributed by atoms with Gasteiger partial charge in [0, 0.05) is 6.04 Å². The van der Waals surface area contributed by atoms with Gasteiger partial charge >= 0.3 is 5.69 Å². The summed E-state index contributed by atoms with van der Waals surface area (Å²) in [7, 11) is 0. The van der Waals surface area contributed by atoms with Crippen LogP contribution in [0.1, 0.15) is 51.6 Å². The van der Waals surface area contributed by atoms with E-state index in [-0.39, 0.29) is 17.3 Å². The average molecular weight is 252 g/mol. The first kappa shape index (κ1) is 12.9. The predicted molar refractivity (Wildman–Crippen MR) is 69.0 cm³/mol. The third-order valence-corrected chi connectivity index (χ3v) is 3.87. The van der Waals surface area contributed by atoms with Crippen LogP contribution in [0.3, 0.4) is 0 Å². The van der Waals surface area contributed by atoms with Gasteiger partial charge < -0.3 is 5.11 Å². The van der Waals surface area contributed by atoms with Crippen molar-refractivity contribution in [2.75, 3.05) is 0 Å². The molecule has 0 aromatic carbocycles. The molecule has 0 amide bonds. The zero-order valence-corrected chi connectivity index (χ0v) is 11.1. The fraction of sp³-hybridized carbons (Fsp3) is 0.692. The van der Waals surface area contributed by atoms with Gasteiger partial charge in [0.05, 0.1) is 5.56 Å². The summed E-state index contributed by atoms with van der Waals surface area (Å²) in [6.45, 7) is 6.10. The Kier molecular flexibility index (Phi) is 3.09. The van der Waals surface area contributed by atoms with E-state index in [1.54, 1.807) is 6.92 Å². The van der Waals surface area contributed by atoms with Crippen LogP contribution in [0.5, 0.6) is 5.88 Å². The number of aromatic hydroxyl groups is 1. The van der Waals surface area contributed by atoms with Crippen LogP contribution in [0.4, 0.5) is 0 Å². The van der Waals surface area contributed by atoms with E-state index in [0.717, 1.165) is 19.3 Å². The van der Waals surface area contributed by atoms with Crippen molar-refractivity contribution in [2.24, 2.45) is 5.41 Å². The Labute approximate surface area is 105 Å². The molecule has 5 nitrogen and oxygen atoms in total. The van der Waals surface area contributed by atoms with E-state index in [9.17, 15) is 14.7 Å². The smallest absolute Gasteiger partial charge is 0.331 e. The maximum absolute atomic E-state index is 11.9. The molecule has 2 N–H and O–H groups in total. The summed E-state index contributed by atoms with van der Waals surface area (Å²) in [5, 5.41) is 10.1. The van der Waals surface area contributed by atoms with Crippen molar-refractivity contribution < 1.29 is 5.11 Å². The van der Waals surface area contributed by atoms with Crippen molar-refractivity contribution in [3.05, 3.63) is 26.4 Å². The van der Waals surface area contributed by atoms with E-state index >= 15 is 0 Å². The van der Waals surface area contributed by atoms with E-state index in [1.807, 2.05) is 0 Å². The normalized spacial score (nSPS) is 22.3. The summed E-state index contributed by atoms with van der Waals surface area (Å²) in [4.78, 5) is 25.7. The Bertz CT molecular complexity index is 569. The molecule has 0 saturated heterocycles. The zero-order chi connectivity index (χ0) is 13.5. The van der Waals surface area contributed by atoms with Crippen molar-refractivity contribution >= 4 is 0 Å². The third-order valence-electron chi connectivity index (χ3n) is 3.87. The number of H-pyrrole nitrogens is 1. The highest BCUT2D eigenvalue weighted by atomic mass is 16.3. The van der Waals surface area contributed by atoms with Gasteiger partial charge in [0.1, 0.15) is 0 Å². The van der Waals surface area contributed by atoms with E-state index in [0.29, 0.717) is 12.0 Å². The number of nitrogens with one attached hydrogen (secondary N) is 1. The molecule has 5 heteroatoms. The summed E-state index contributed by atoms with van der Waals surface area (Å²) >= 11 is 0. The second-order valence-electron chi connectivity index (χ2n) is 5.85. The summed E-state index contributed by atoms with van der Waals surface area (Å²) in [5.41, 5.74) is -0.510. The van der Waals surface area contributed by atoms with Crippen molar-refractivity contribution in [1.82, 2.24) is 9.55 Å². The van der Waals surface area contributed by atoms with Gasteiger partial charge in [-0.2, -0.15) is 0 Å². The Morgan fingerprint density at radius 2 is 2.11 bits per heavy atom. The molecule has 1 unspecified atom stereocenters. The average Bonchev–Trinajstić information content (AvgIpc) is 2.58. The number of aromatic amines is 1. The van der Waals surface area contributed by atoms with Crippen molar-refractivity contribution in [2.45, 2.75) is 52.5 Å².